The third-order valence-electron chi connectivity index (χ3n) is 3.75. The van der Waals surface area contributed by atoms with Crippen molar-refractivity contribution in [1.82, 2.24) is 25.3 Å². The van der Waals surface area contributed by atoms with Crippen LogP contribution in [-0.2, 0) is 6.54 Å². The molecule has 0 aliphatic heterocycles. The number of aryl methyl sites for hydroxylation is 1. The second-order valence-corrected chi connectivity index (χ2v) is 7.57. The Morgan fingerprint density at radius 2 is 2.04 bits per heavy atom. The zero-order valence-corrected chi connectivity index (χ0v) is 15.5. The number of nitrogens with one attached hydrogen (secondary N) is 1. The summed E-state index contributed by atoms with van der Waals surface area (Å²) in [6.45, 7) is 2.38. The lowest BCUT2D eigenvalue weighted by Crippen LogP contribution is -2.23. The Hall–Kier alpha value is -2.84. The van der Waals surface area contributed by atoms with Crippen LogP contribution < -0.4 is 5.32 Å². The van der Waals surface area contributed by atoms with Crippen LogP contribution in [0.4, 0.5) is 0 Å². The second kappa shape index (κ2) is 7.19. The Balaban J connectivity index is 1.44. The molecule has 8 heteroatoms. The Kier molecular flexibility index (Phi) is 4.59. The van der Waals surface area contributed by atoms with Crippen LogP contribution in [0, 0.1) is 6.92 Å². The monoisotopic (exact) mass is 381 g/mol. The molecule has 0 saturated heterocycles. The zero-order chi connectivity index (χ0) is 17.9. The molecule has 0 bridgehead atoms. The minimum atomic E-state index is -0.252. The summed E-state index contributed by atoms with van der Waals surface area (Å²) in [7, 11) is 0. The maximum Gasteiger partial charge on any atom is 0.273 e. The van der Waals surface area contributed by atoms with E-state index >= 15 is 0 Å². The van der Waals surface area contributed by atoms with Crippen molar-refractivity contribution in [2.75, 3.05) is 0 Å². The topological polar surface area (TPSA) is 72.7 Å². The van der Waals surface area contributed by atoms with E-state index in [0.29, 0.717) is 6.54 Å². The summed E-state index contributed by atoms with van der Waals surface area (Å²) in [5.74, 6) is -0.252. The molecule has 3 aromatic heterocycles. The van der Waals surface area contributed by atoms with Gasteiger partial charge in [0.2, 0.25) is 0 Å². The third-order valence-corrected chi connectivity index (χ3v) is 5.94. The van der Waals surface area contributed by atoms with Gasteiger partial charge in [0.05, 0.1) is 29.0 Å². The summed E-state index contributed by atoms with van der Waals surface area (Å²) in [5.41, 5.74) is 2.03. The van der Waals surface area contributed by atoms with E-state index in [1.807, 2.05) is 54.8 Å². The number of aromatic nitrogens is 4. The van der Waals surface area contributed by atoms with Crippen molar-refractivity contribution in [2.24, 2.45) is 0 Å². The second-order valence-electron chi connectivity index (χ2n) is 5.54. The molecule has 130 valence electrons. The van der Waals surface area contributed by atoms with Crippen LogP contribution in [0.2, 0.25) is 0 Å². The standard InChI is InChI=1S/C18H15N5OS2/c1-12-16(26-18(21-12)15-8-5-9-25-15)11-19-17(24)14-10-20-23(22-14)13-6-3-2-4-7-13/h2-10H,11H2,1H3,(H,19,24). The van der Waals surface area contributed by atoms with Gasteiger partial charge in [-0.15, -0.1) is 27.8 Å². The minimum absolute atomic E-state index is 0.252. The molecule has 26 heavy (non-hydrogen) atoms. The third kappa shape index (κ3) is 3.42. The molecule has 0 atom stereocenters. The Labute approximate surface area is 158 Å². The minimum Gasteiger partial charge on any atom is -0.346 e. The van der Waals surface area contributed by atoms with Gasteiger partial charge in [0.1, 0.15) is 5.01 Å². The summed E-state index contributed by atoms with van der Waals surface area (Å²) in [6, 6.07) is 13.5. The highest BCUT2D eigenvalue weighted by Crippen LogP contribution is 2.30. The number of para-hydroxylation sites is 1. The number of thiazole rings is 1. The van der Waals surface area contributed by atoms with E-state index in [0.717, 1.165) is 26.1 Å². The Morgan fingerprint density at radius 3 is 2.81 bits per heavy atom. The van der Waals surface area contributed by atoms with Crippen molar-refractivity contribution in [1.29, 1.82) is 0 Å². The van der Waals surface area contributed by atoms with Gasteiger partial charge in [-0.2, -0.15) is 9.90 Å². The number of hydrogen-bond donors (Lipinski definition) is 1. The van der Waals surface area contributed by atoms with Crippen molar-refractivity contribution in [2.45, 2.75) is 13.5 Å². The van der Waals surface area contributed by atoms with Crippen LogP contribution in [0.15, 0.2) is 54.0 Å². The van der Waals surface area contributed by atoms with Gasteiger partial charge in [-0.1, -0.05) is 24.3 Å². The molecule has 0 aliphatic carbocycles. The summed E-state index contributed by atoms with van der Waals surface area (Å²) >= 11 is 3.26. The highest BCUT2D eigenvalue weighted by Gasteiger charge is 2.14. The van der Waals surface area contributed by atoms with Crippen molar-refractivity contribution in [3.63, 3.8) is 0 Å². The molecule has 1 aromatic carbocycles. The first-order chi connectivity index (χ1) is 12.7. The van der Waals surface area contributed by atoms with Gasteiger partial charge in [-0.3, -0.25) is 4.79 Å². The van der Waals surface area contributed by atoms with Crippen LogP contribution in [0.3, 0.4) is 0 Å². The summed E-state index contributed by atoms with van der Waals surface area (Å²) < 4.78 is 0. The number of carbonyl (C=O) groups excluding carboxylic acids is 1. The maximum absolute atomic E-state index is 12.4. The predicted octanol–water partition coefficient (Wildman–Crippen LogP) is 3.69. The number of thiophene rings is 1. The van der Waals surface area contributed by atoms with Gasteiger partial charge in [0, 0.05) is 4.88 Å². The van der Waals surface area contributed by atoms with E-state index in [2.05, 4.69) is 20.5 Å². The molecule has 0 unspecified atom stereocenters. The van der Waals surface area contributed by atoms with E-state index < -0.39 is 0 Å². The highest BCUT2D eigenvalue weighted by molar-refractivity contribution is 7.21. The lowest BCUT2D eigenvalue weighted by atomic mass is 10.3. The molecule has 0 aliphatic rings. The molecule has 4 rings (SSSR count). The number of nitrogens with zero attached hydrogens (tertiary/aromatic N) is 4. The van der Waals surface area contributed by atoms with Gasteiger partial charge in [-0.05, 0) is 30.5 Å². The molecule has 0 spiro atoms. The molecular formula is C18H15N5OS2. The van der Waals surface area contributed by atoms with Crippen molar-refractivity contribution in [3.8, 4) is 15.6 Å². The van der Waals surface area contributed by atoms with Gasteiger partial charge < -0.3 is 5.32 Å². The molecule has 0 fully saturated rings. The molecule has 6 nitrogen and oxygen atoms in total. The van der Waals surface area contributed by atoms with Gasteiger partial charge in [-0.25, -0.2) is 4.98 Å². The molecule has 1 N–H and O–H groups in total. The summed E-state index contributed by atoms with van der Waals surface area (Å²) in [4.78, 5) is 20.6. The lowest BCUT2D eigenvalue weighted by molar-refractivity contribution is 0.0946. The largest absolute Gasteiger partial charge is 0.346 e. The van der Waals surface area contributed by atoms with Crippen molar-refractivity contribution < 1.29 is 4.79 Å². The van der Waals surface area contributed by atoms with E-state index in [1.165, 1.54) is 11.0 Å². The quantitative estimate of drug-likeness (QED) is 0.572. The molecular weight excluding hydrogens is 366 g/mol. The van der Waals surface area contributed by atoms with Crippen LogP contribution in [0.5, 0.6) is 0 Å². The molecule has 0 saturated carbocycles. The SMILES string of the molecule is Cc1nc(-c2cccs2)sc1CNC(=O)c1cnn(-c2ccccc2)n1. The zero-order valence-electron chi connectivity index (χ0n) is 13.9. The smallest absolute Gasteiger partial charge is 0.273 e. The summed E-state index contributed by atoms with van der Waals surface area (Å²) in [5, 5.41) is 14.3. The maximum atomic E-state index is 12.4. The van der Waals surface area contributed by atoms with Crippen LogP contribution >= 0.6 is 22.7 Å². The molecule has 3 heterocycles. The van der Waals surface area contributed by atoms with Gasteiger partial charge in [0.15, 0.2) is 5.69 Å². The number of amides is 1. The Morgan fingerprint density at radius 1 is 1.19 bits per heavy atom. The fourth-order valence-electron chi connectivity index (χ4n) is 2.40. The molecule has 0 radical (unpaired) electrons. The predicted molar refractivity (Wildman–Crippen MR) is 103 cm³/mol. The van der Waals surface area contributed by atoms with E-state index in [-0.39, 0.29) is 11.6 Å². The van der Waals surface area contributed by atoms with Crippen LogP contribution in [0.25, 0.3) is 15.6 Å². The van der Waals surface area contributed by atoms with Crippen LogP contribution in [-0.4, -0.2) is 25.9 Å². The first-order valence-corrected chi connectivity index (χ1v) is 9.66. The average molecular weight is 381 g/mol. The fourth-order valence-corrected chi connectivity index (χ4v) is 4.20. The summed E-state index contributed by atoms with van der Waals surface area (Å²) in [6.07, 6.45) is 1.47. The average Bonchev–Trinajstić information content (AvgIpc) is 3.41. The van der Waals surface area contributed by atoms with Crippen molar-refractivity contribution in [3.05, 3.63) is 70.3 Å². The van der Waals surface area contributed by atoms with E-state index in [9.17, 15) is 4.79 Å². The highest BCUT2D eigenvalue weighted by atomic mass is 32.1. The molecule has 4 aromatic rings. The number of rotatable bonds is 5. The fraction of sp³-hybridized carbons (Fsp3) is 0.111. The van der Waals surface area contributed by atoms with E-state index in [1.54, 1.807) is 22.7 Å². The lowest BCUT2D eigenvalue weighted by Gasteiger charge is -2.01. The van der Waals surface area contributed by atoms with Crippen molar-refractivity contribution >= 4 is 28.6 Å². The number of hydrogen-bond acceptors (Lipinski definition) is 6. The Bertz CT molecular complexity index is 1020. The first-order valence-electron chi connectivity index (χ1n) is 7.97. The number of benzene rings is 1. The number of carbonyl (C=O) groups is 1. The first kappa shape index (κ1) is 16.6. The van der Waals surface area contributed by atoms with Gasteiger partial charge >= 0.3 is 0 Å². The normalized spacial score (nSPS) is 10.8. The molecule has 1 amide bonds. The van der Waals surface area contributed by atoms with E-state index in [4.69, 9.17) is 0 Å². The van der Waals surface area contributed by atoms with Crippen LogP contribution in [0.1, 0.15) is 21.1 Å². The van der Waals surface area contributed by atoms with Gasteiger partial charge in [0.25, 0.3) is 5.91 Å².